The first-order chi connectivity index (χ1) is 11.1. The maximum atomic E-state index is 11.3. The quantitative estimate of drug-likeness (QED) is 0.600. The largest absolute Gasteiger partial charge is 0.487 e. The zero-order chi connectivity index (χ0) is 16.7. The number of amides is 2. The Bertz CT molecular complexity index is 654. The highest BCUT2D eigenvalue weighted by Gasteiger charge is 2.17. The molecule has 2 rings (SSSR count). The first-order valence-corrected chi connectivity index (χ1v) is 7.15. The molecule has 2 amide bonds. The third kappa shape index (κ3) is 4.76. The molecule has 1 aromatic heterocycles. The Hall–Kier alpha value is -2.45. The van der Waals surface area contributed by atoms with Crippen LogP contribution in [0.1, 0.15) is 0 Å². The van der Waals surface area contributed by atoms with Crippen molar-refractivity contribution in [3.63, 3.8) is 0 Å². The van der Waals surface area contributed by atoms with Crippen LogP contribution in [-0.4, -0.2) is 31.3 Å². The maximum Gasteiger partial charge on any atom is 0.330 e. The van der Waals surface area contributed by atoms with Gasteiger partial charge in [0.05, 0.1) is 12.8 Å². The lowest BCUT2D eigenvalue weighted by molar-refractivity contribution is 0.146. The summed E-state index contributed by atoms with van der Waals surface area (Å²) in [6.45, 7) is 0.659. The molecule has 0 aliphatic rings. The Labute approximate surface area is 139 Å². The molecule has 0 aliphatic heterocycles. The van der Waals surface area contributed by atoms with E-state index in [1.165, 1.54) is 6.20 Å². The average molecular weight is 335 g/mol. The number of hydrogen-bond acceptors (Lipinski definition) is 6. The van der Waals surface area contributed by atoms with E-state index in [1.807, 2.05) is 30.3 Å². The first kappa shape index (κ1) is 16.9. The summed E-state index contributed by atoms with van der Waals surface area (Å²) >= 11 is 4.01. The zero-order valence-electron chi connectivity index (χ0n) is 12.5. The van der Waals surface area contributed by atoms with Crippen molar-refractivity contribution in [2.75, 3.05) is 24.6 Å². The topological polar surface area (TPSA) is 86.9 Å². The first-order valence-electron chi connectivity index (χ1n) is 6.75. The predicted molar refractivity (Wildman–Crippen MR) is 89.2 cm³/mol. The molecule has 0 atom stereocenters. The van der Waals surface area contributed by atoms with Crippen molar-refractivity contribution in [2.45, 2.75) is 0 Å². The molecule has 2 aromatic rings. The van der Waals surface area contributed by atoms with Crippen LogP contribution in [0.3, 0.4) is 0 Å². The van der Waals surface area contributed by atoms with Gasteiger partial charge in [0.1, 0.15) is 18.1 Å². The van der Waals surface area contributed by atoms with Gasteiger partial charge in [-0.2, -0.15) is 0 Å². The minimum Gasteiger partial charge on any atom is -0.487 e. The molecule has 0 radical (unpaired) electrons. The minimum absolute atomic E-state index is 0.178. The molecule has 0 aliphatic carbocycles. The van der Waals surface area contributed by atoms with Crippen molar-refractivity contribution in [3.8, 4) is 17.2 Å². The maximum absolute atomic E-state index is 11.3. The fraction of sp³-hybridized carbons (Fsp3) is 0.200. The number of urea groups is 1. The van der Waals surface area contributed by atoms with Gasteiger partial charge in [-0.3, -0.25) is 0 Å². The van der Waals surface area contributed by atoms with Gasteiger partial charge in [0.2, 0.25) is 0 Å². The van der Waals surface area contributed by atoms with Gasteiger partial charge in [0.25, 0.3) is 0 Å². The van der Waals surface area contributed by atoms with E-state index in [4.69, 9.17) is 19.9 Å². The number of thiol groups is 1. The molecule has 8 heteroatoms. The number of nitrogens with zero attached hydrogens (tertiary/aromatic N) is 2. The van der Waals surface area contributed by atoms with E-state index in [0.717, 1.165) is 4.31 Å². The smallest absolute Gasteiger partial charge is 0.330 e. The van der Waals surface area contributed by atoms with Crippen molar-refractivity contribution in [1.29, 1.82) is 0 Å². The average Bonchev–Trinajstić information content (AvgIpc) is 2.55. The number of carbonyl (C=O) groups excluding carboxylic acids is 1. The number of carbonyl (C=O) groups is 1. The number of methoxy groups -OCH3 is 1. The minimum atomic E-state index is -0.769. The van der Waals surface area contributed by atoms with Gasteiger partial charge in [0, 0.05) is 13.2 Å². The lowest BCUT2D eigenvalue weighted by Gasteiger charge is -2.17. The van der Waals surface area contributed by atoms with Gasteiger partial charge in [-0.1, -0.05) is 31.0 Å². The summed E-state index contributed by atoms with van der Waals surface area (Å²) in [6.07, 6.45) is 1.46. The number of anilines is 1. The zero-order valence-corrected chi connectivity index (χ0v) is 13.4. The summed E-state index contributed by atoms with van der Waals surface area (Å²) in [5, 5.41) is 0. The second kappa shape index (κ2) is 8.25. The van der Waals surface area contributed by atoms with Crippen LogP contribution in [0.5, 0.6) is 17.2 Å². The summed E-state index contributed by atoms with van der Waals surface area (Å²) in [5.41, 5.74) is 5.21. The summed E-state index contributed by atoms with van der Waals surface area (Å²) in [5.74, 6) is 1.60. The Balaban J connectivity index is 2.24. The fourth-order valence-corrected chi connectivity index (χ4v) is 1.85. The molecule has 122 valence electrons. The van der Waals surface area contributed by atoms with Gasteiger partial charge in [0.15, 0.2) is 11.6 Å². The number of hydrogen-bond donors (Lipinski definition) is 2. The van der Waals surface area contributed by atoms with Crippen LogP contribution in [0, 0.1) is 0 Å². The van der Waals surface area contributed by atoms with Gasteiger partial charge >= 0.3 is 6.03 Å². The third-order valence-electron chi connectivity index (χ3n) is 2.74. The molecule has 7 nitrogen and oxygen atoms in total. The Morgan fingerprint density at radius 1 is 1.26 bits per heavy atom. The highest BCUT2D eigenvalue weighted by molar-refractivity contribution is 7.82. The van der Waals surface area contributed by atoms with Crippen LogP contribution in [0.4, 0.5) is 10.6 Å². The van der Waals surface area contributed by atoms with Crippen molar-refractivity contribution in [1.82, 2.24) is 4.98 Å². The molecule has 1 aromatic carbocycles. The van der Waals surface area contributed by atoms with Crippen LogP contribution in [0.15, 0.2) is 42.6 Å². The van der Waals surface area contributed by atoms with Crippen molar-refractivity contribution in [2.24, 2.45) is 5.73 Å². The number of pyridine rings is 1. The van der Waals surface area contributed by atoms with Gasteiger partial charge in [-0.05, 0) is 12.1 Å². The molecule has 1 heterocycles. The lowest BCUT2D eigenvalue weighted by Crippen LogP contribution is -2.28. The summed E-state index contributed by atoms with van der Waals surface area (Å²) in [4.78, 5) is 15.4. The highest BCUT2D eigenvalue weighted by atomic mass is 32.1. The van der Waals surface area contributed by atoms with Crippen molar-refractivity contribution >= 4 is 24.7 Å². The number of para-hydroxylation sites is 1. The van der Waals surface area contributed by atoms with E-state index in [1.54, 1.807) is 13.2 Å². The molecule has 0 fully saturated rings. The Kier molecular flexibility index (Phi) is 6.07. The molecular weight excluding hydrogens is 318 g/mol. The molecular formula is C15H17N3O4S. The molecule has 23 heavy (non-hydrogen) atoms. The Morgan fingerprint density at radius 2 is 2.00 bits per heavy atom. The molecule has 0 saturated carbocycles. The second-order valence-corrected chi connectivity index (χ2v) is 4.80. The van der Waals surface area contributed by atoms with Crippen molar-refractivity contribution in [3.05, 3.63) is 42.6 Å². The van der Waals surface area contributed by atoms with Gasteiger partial charge < -0.3 is 19.9 Å². The number of benzene rings is 1. The van der Waals surface area contributed by atoms with Crippen LogP contribution >= 0.6 is 12.8 Å². The SMILES string of the molecule is COCCOc1cc(Oc2ccccc2)cnc1N(S)C(N)=O. The number of aromatic nitrogens is 1. The summed E-state index contributed by atoms with van der Waals surface area (Å²) < 4.78 is 17.1. The van der Waals surface area contributed by atoms with E-state index >= 15 is 0 Å². The molecule has 0 saturated heterocycles. The van der Waals surface area contributed by atoms with Crippen LogP contribution < -0.4 is 19.5 Å². The second-order valence-electron chi connectivity index (χ2n) is 4.40. The predicted octanol–water partition coefficient (Wildman–Crippen LogP) is 2.63. The van der Waals surface area contributed by atoms with E-state index in [-0.39, 0.29) is 12.4 Å². The standard InChI is InChI=1S/C15H17N3O4S/c1-20-7-8-21-13-9-12(22-11-5-3-2-4-6-11)10-17-14(13)18(23)15(16)19/h2-6,9-10,23H,7-8H2,1H3,(H2,16,19). The van der Waals surface area contributed by atoms with Gasteiger partial charge in [-0.25, -0.2) is 14.1 Å². The van der Waals surface area contributed by atoms with E-state index in [2.05, 4.69) is 17.8 Å². The summed E-state index contributed by atoms with van der Waals surface area (Å²) in [7, 11) is 1.56. The van der Waals surface area contributed by atoms with Crippen molar-refractivity contribution < 1.29 is 19.0 Å². The van der Waals surface area contributed by atoms with Crippen LogP contribution in [0.2, 0.25) is 0 Å². The molecule has 0 unspecified atom stereocenters. The van der Waals surface area contributed by atoms with Gasteiger partial charge in [-0.15, -0.1) is 0 Å². The number of nitrogens with two attached hydrogens (primary N) is 1. The van der Waals surface area contributed by atoms with E-state index in [0.29, 0.717) is 23.9 Å². The highest BCUT2D eigenvalue weighted by Crippen LogP contribution is 2.32. The van der Waals surface area contributed by atoms with Crippen LogP contribution in [0.25, 0.3) is 0 Å². The molecule has 0 bridgehead atoms. The Morgan fingerprint density at radius 3 is 2.65 bits per heavy atom. The fourth-order valence-electron chi connectivity index (χ4n) is 1.70. The van der Waals surface area contributed by atoms with E-state index < -0.39 is 6.03 Å². The lowest BCUT2D eigenvalue weighted by atomic mass is 10.3. The normalized spacial score (nSPS) is 10.2. The monoisotopic (exact) mass is 335 g/mol. The van der Waals surface area contributed by atoms with Crippen LogP contribution in [-0.2, 0) is 4.74 Å². The molecule has 0 spiro atoms. The number of primary amides is 1. The van der Waals surface area contributed by atoms with E-state index in [9.17, 15) is 4.79 Å². The number of ether oxygens (including phenoxy) is 3. The molecule has 2 N–H and O–H groups in total. The summed E-state index contributed by atoms with van der Waals surface area (Å²) in [6, 6.07) is 10.1. The third-order valence-corrected chi connectivity index (χ3v) is 3.13. The number of rotatable bonds is 7.